The van der Waals surface area contributed by atoms with E-state index in [0.717, 1.165) is 24.8 Å². The molecule has 2 rings (SSSR count). The Morgan fingerprint density at radius 1 is 1.00 bits per heavy atom. The van der Waals surface area contributed by atoms with Crippen molar-refractivity contribution < 1.29 is 4.74 Å². The third-order valence-electron chi connectivity index (χ3n) is 3.02. The first-order valence-corrected chi connectivity index (χ1v) is 7.42. The first kappa shape index (κ1) is 15.2. The Labute approximate surface area is 125 Å². The van der Waals surface area contributed by atoms with E-state index in [1.54, 1.807) is 7.05 Å². The molecule has 0 fully saturated rings. The quantitative estimate of drug-likeness (QED) is 0.846. The summed E-state index contributed by atoms with van der Waals surface area (Å²) in [5.41, 5.74) is 2.29. The number of hydrogen-bond acceptors (Lipinski definition) is 5. The second-order valence-electron chi connectivity index (χ2n) is 4.81. The van der Waals surface area contributed by atoms with E-state index in [9.17, 15) is 0 Å². The lowest BCUT2D eigenvalue weighted by Crippen LogP contribution is -2.06. The second-order valence-corrected chi connectivity index (χ2v) is 4.81. The van der Waals surface area contributed by atoms with E-state index in [1.807, 2.05) is 19.1 Å². The molecule has 2 aromatic rings. The Hall–Kier alpha value is -2.17. The summed E-state index contributed by atoms with van der Waals surface area (Å²) < 4.78 is 5.52. The Bertz CT molecular complexity index is 569. The molecule has 0 saturated heterocycles. The van der Waals surface area contributed by atoms with E-state index in [0.29, 0.717) is 24.4 Å². The largest absolute Gasteiger partial charge is 0.463 e. The summed E-state index contributed by atoms with van der Waals surface area (Å²) in [6, 6.07) is 8.69. The fraction of sp³-hybridized carbons (Fsp3) is 0.438. The monoisotopic (exact) mass is 286 g/mol. The molecule has 0 aliphatic rings. The van der Waals surface area contributed by atoms with Crippen LogP contribution in [0.2, 0.25) is 0 Å². The van der Waals surface area contributed by atoms with E-state index in [1.165, 1.54) is 5.56 Å². The molecule has 0 saturated carbocycles. The molecule has 1 aromatic heterocycles. The minimum atomic E-state index is 0.365. The lowest BCUT2D eigenvalue weighted by Gasteiger charge is -2.08. The number of benzene rings is 1. The summed E-state index contributed by atoms with van der Waals surface area (Å²) in [6.07, 6.45) is 3.15. The Balaban J connectivity index is 2.28. The molecule has 112 valence electrons. The highest BCUT2D eigenvalue weighted by atomic mass is 16.5. The van der Waals surface area contributed by atoms with Gasteiger partial charge in [-0.05, 0) is 18.4 Å². The molecule has 1 aromatic carbocycles. The number of aryl methyl sites for hydroxylation is 1. The van der Waals surface area contributed by atoms with Crippen LogP contribution in [0.25, 0.3) is 11.4 Å². The van der Waals surface area contributed by atoms with Crippen LogP contribution >= 0.6 is 0 Å². The summed E-state index contributed by atoms with van der Waals surface area (Å²) in [7, 11) is 1.78. The summed E-state index contributed by atoms with van der Waals surface area (Å²) in [5.74, 6) is 1.15. The van der Waals surface area contributed by atoms with Gasteiger partial charge in [0.25, 0.3) is 0 Å². The predicted molar refractivity (Wildman–Crippen MR) is 84.6 cm³/mol. The molecule has 21 heavy (non-hydrogen) atoms. The number of rotatable bonds is 7. The fourth-order valence-electron chi connectivity index (χ4n) is 1.96. The maximum absolute atomic E-state index is 5.52. The number of anilines is 1. The van der Waals surface area contributed by atoms with Gasteiger partial charge in [0, 0.05) is 12.6 Å². The van der Waals surface area contributed by atoms with E-state index in [4.69, 9.17) is 4.74 Å². The lowest BCUT2D eigenvalue weighted by atomic mass is 10.1. The summed E-state index contributed by atoms with van der Waals surface area (Å²) >= 11 is 0. The number of nitrogens with zero attached hydrogens (tertiary/aromatic N) is 3. The van der Waals surface area contributed by atoms with Crippen molar-refractivity contribution in [3.8, 4) is 17.4 Å². The molecule has 5 heteroatoms. The maximum atomic E-state index is 5.52. The normalized spacial score (nSPS) is 10.4. The van der Waals surface area contributed by atoms with Gasteiger partial charge in [-0.15, -0.1) is 0 Å². The van der Waals surface area contributed by atoms with Crippen LogP contribution < -0.4 is 10.1 Å². The van der Waals surface area contributed by atoms with Crippen LogP contribution in [-0.2, 0) is 6.42 Å². The van der Waals surface area contributed by atoms with Gasteiger partial charge in [-0.2, -0.15) is 15.0 Å². The van der Waals surface area contributed by atoms with Crippen LogP contribution in [0.5, 0.6) is 6.01 Å². The number of nitrogens with one attached hydrogen (secondary N) is 1. The summed E-state index contributed by atoms with van der Waals surface area (Å²) in [6.45, 7) is 4.83. The Morgan fingerprint density at radius 3 is 2.38 bits per heavy atom. The van der Waals surface area contributed by atoms with Gasteiger partial charge >= 0.3 is 6.01 Å². The maximum Gasteiger partial charge on any atom is 0.321 e. The molecule has 1 N–H and O–H groups in total. The number of ether oxygens (including phenoxy) is 1. The van der Waals surface area contributed by atoms with Gasteiger partial charge < -0.3 is 10.1 Å². The van der Waals surface area contributed by atoms with E-state index >= 15 is 0 Å². The zero-order valence-electron chi connectivity index (χ0n) is 12.9. The van der Waals surface area contributed by atoms with Crippen molar-refractivity contribution in [1.82, 2.24) is 15.0 Å². The standard InChI is InChI=1S/C16H22N4O/c1-4-6-12-7-9-13(10-8-12)14-18-15(17-3)20-16(19-14)21-11-5-2/h7-10H,4-6,11H2,1-3H3,(H,17,18,19,20). The van der Waals surface area contributed by atoms with Crippen LogP contribution in [0.15, 0.2) is 24.3 Å². The second kappa shape index (κ2) is 7.57. The van der Waals surface area contributed by atoms with Crippen molar-refractivity contribution in [2.45, 2.75) is 33.1 Å². The lowest BCUT2D eigenvalue weighted by molar-refractivity contribution is 0.292. The topological polar surface area (TPSA) is 59.9 Å². The smallest absolute Gasteiger partial charge is 0.321 e. The molecule has 0 amide bonds. The van der Waals surface area contributed by atoms with Crippen molar-refractivity contribution in [3.05, 3.63) is 29.8 Å². The first-order valence-electron chi connectivity index (χ1n) is 7.42. The molecule has 0 spiro atoms. The van der Waals surface area contributed by atoms with Crippen molar-refractivity contribution in [2.75, 3.05) is 19.0 Å². The van der Waals surface area contributed by atoms with Crippen molar-refractivity contribution >= 4 is 5.95 Å². The van der Waals surface area contributed by atoms with Crippen LogP contribution in [-0.4, -0.2) is 28.6 Å². The molecule has 0 aliphatic carbocycles. The zero-order valence-corrected chi connectivity index (χ0v) is 12.9. The van der Waals surface area contributed by atoms with Crippen molar-refractivity contribution in [3.63, 3.8) is 0 Å². The van der Waals surface area contributed by atoms with E-state index in [2.05, 4.69) is 39.3 Å². The zero-order chi connectivity index (χ0) is 15.1. The van der Waals surface area contributed by atoms with Crippen LogP contribution in [0.3, 0.4) is 0 Å². The molecule has 5 nitrogen and oxygen atoms in total. The van der Waals surface area contributed by atoms with Gasteiger partial charge in [-0.25, -0.2) is 0 Å². The van der Waals surface area contributed by atoms with Crippen molar-refractivity contribution in [1.29, 1.82) is 0 Å². The van der Waals surface area contributed by atoms with Gasteiger partial charge in [0.1, 0.15) is 0 Å². The number of hydrogen-bond donors (Lipinski definition) is 1. The molecule has 0 bridgehead atoms. The fourth-order valence-corrected chi connectivity index (χ4v) is 1.96. The summed E-state index contributed by atoms with van der Waals surface area (Å²) in [4.78, 5) is 13.0. The molecule has 0 radical (unpaired) electrons. The Kier molecular flexibility index (Phi) is 5.49. The van der Waals surface area contributed by atoms with Crippen LogP contribution in [0.4, 0.5) is 5.95 Å². The van der Waals surface area contributed by atoms with Gasteiger partial charge in [0.2, 0.25) is 5.95 Å². The molecule has 0 unspecified atom stereocenters. The van der Waals surface area contributed by atoms with E-state index in [-0.39, 0.29) is 0 Å². The molecular weight excluding hydrogens is 264 g/mol. The van der Waals surface area contributed by atoms with Crippen LogP contribution in [0, 0.1) is 0 Å². The average molecular weight is 286 g/mol. The molecule has 0 atom stereocenters. The summed E-state index contributed by atoms with van der Waals surface area (Å²) in [5, 5.41) is 2.94. The average Bonchev–Trinajstić information content (AvgIpc) is 2.53. The molecular formula is C16H22N4O. The van der Waals surface area contributed by atoms with E-state index < -0.39 is 0 Å². The highest BCUT2D eigenvalue weighted by Crippen LogP contribution is 2.19. The van der Waals surface area contributed by atoms with Crippen molar-refractivity contribution in [2.24, 2.45) is 0 Å². The highest BCUT2D eigenvalue weighted by molar-refractivity contribution is 5.57. The minimum Gasteiger partial charge on any atom is -0.463 e. The molecule has 0 aliphatic heterocycles. The van der Waals surface area contributed by atoms with Crippen LogP contribution in [0.1, 0.15) is 32.3 Å². The third kappa shape index (κ3) is 4.15. The third-order valence-corrected chi connectivity index (χ3v) is 3.02. The highest BCUT2D eigenvalue weighted by Gasteiger charge is 2.08. The van der Waals surface area contributed by atoms with Gasteiger partial charge in [-0.1, -0.05) is 44.5 Å². The molecule has 1 heterocycles. The predicted octanol–water partition coefficient (Wildman–Crippen LogP) is 3.32. The van der Waals surface area contributed by atoms with Gasteiger partial charge in [0.15, 0.2) is 5.82 Å². The Morgan fingerprint density at radius 2 is 1.76 bits per heavy atom. The minimum absolute atomic E-state index is 0.365. The SMILES string of the molecule is CCCOc1nc(NC)nc(-c2ccc(CCC)cc2)n1. The van der Waals surface area contributed by atoms with Gasteiger partial charge in [-0.3, -0.25) is 0 Å². The van der Waals surface area contributed by atoms with Gasteiger partial charge in [0.05, 0.1) is 6.61 Å². The first-order chi connectivity index (χ1) is 10.3. The number of aromatic nitrogens is 3.